The van der Waals surface area contributed by atoms with Crippen LogP contribution in [0.1, 0.15) is 32.1 Å². The van der Waals surface area contributed by atoms with Crippen LogP contribution in [0.4, 0.5) is 0 Å². The van der Waals surface area contributed by atoms with Crippen LogP contribution in [-0.2, 0) is 13.6 Å². The van der Waals surface area contributed by atoms with Crippen molar-refractivity contribution in [1.29, 1.82) is 0 Å². The Balaban J connectivity index is 3.12. The van der Waals surface area contributed by atoms with Crippen LogP contribution in [0, 0.1) is 0 Å². The maximum atomic E-state index is 12.7. The Morgan fingerprint density at radius 3 is 2.19 bits per heavy atom. The zero-order valence-electron chi connectivity index (χ0n) is 13.0. The first-order valence-corrected chi connectivity index (χ1v) is 8.58. The number of methoxy groups -OCH3 is 1. The summed E-state index contributed by atoms with van der Waals surface area (Å²) in [7, 11) is -1.85. The van der Waals surface area contributed by atoms with Gasteiger partial charge in [0.25, 0.3) is 0 Å². The Morgan fingerprint density at radius 2 is 1.71 bits per heavy atom. The van der Waals surface area contributed by atoms with Crippen molar-refractivity contribution >= 4 is 7.60 Å². The van der Waals surface area contributed by atoms with Crippen LogP contribution in [0.2, 0.25) is 0 Å². The molecule has 7 heteroatoms. The van der Waals surface area contributed by atoms with Gasteiger partial charge in [-0.1, -0.05) is 6.07 Å². The van der Waals surface area contributed by atoms with Crippen molar-refractivity contribution in [1.82, 2.24) is 0 Å². The van der Waals surface area contributed by atoms with Gasteiger partial charge in [-0.25, -0.2) is 0 Å². The lowest BCUT2D eigenvalue weighted by atomic mass is 10.2. The molecule has 0 amide bonds. The third-order valence-corrected chi connectivity index (χ3v) is 5.00. The quantitative estimate of drug-likeness (QED) is 0.704. The second kappa shape index (κ2) is 8.39. The fraction of sp³-hybridized carbons (Fsp3) is 0.571. The first-order chi connectivity index (χ1) is 10.0. The zero-order valence-corrected chi connectivity index (χ0v) is 13.9. The molecule has 2 N–H and O–H groups in total. The highest BCUT2D eigenvalue weighted by atomic mass is 31.2. The van der Waals surface area contributed by atoms with E-state index in [-0.39, 0.29) is 13.2 Å². The van der Waals surface area contributed by atoms with E-state index in [0.717, 1.165) is 0 Å². The van der Waals surface area contributed by atoms with Gasteiger partial charge in [0.1, 0.15) is 5.78 Å². The number of nitrogens with two attached hydrogens (primary N) is 1. The second-order valence-corrected chi connectivity index (χ2v) is 6.32. The van der Waals surface area contributed by atoms with Crippen LogP contribution in [-0.4, -0.2) is 26.9 Å². The molecular formula is C14H24NO5P. The lowest BCUT2D eigenvalue weighted by Gasteiger charge is -2.24. The minimum absolute atomic E-state index is 0.263. The number of hydrogen-bond acceptors (Lipinski definition) is 6. The highest BCUT2D eigenvalue weighted by Crippen LogP contribution is 2.58. The minimum Gasteiger partial charge on any atom is -0.493 e. The highest BCUT2D eigenvalue weighted by molar-refractivity contribution is 7.54. The van der Waals surface area contributed by atoms with Crippen LogP contribution in [0.5, 0.6) is 11.5 Å². The zero-order chi connectivity index (χ0) is 15.9. The smallest absolute Gasteiger partial charge is 0.351 e. The molecule has 0 aliphatic carbocycles. The van der Waals surface area contributed by atoms with Gasteiger partial charge in [-0.3, -0.25) is 4.57 Å². The van der Waals surface area contributed by atoms with Crippen LogP contribution in [0.25, 0.3) is 0 Å². The van der Waals surface area contributed by atoms with Gasteiger partial charge >= 0.3 is 7.60 Å². The van der Waals surface area contributed by atoms with Gasteiger partial charge in [0.15, 0.2) is 11.5 Å². The van der Waals surface area contributed by atoms with E-state index in [1.807, 2.05) is 6.92 Å². The molecule has 1 aromatic carbocycles. The monoisotopic (exact) mass is 317 g/mol. The molecule has 1 rings (SSSR count). The summed E-state index contributed by atoms with van der Waals surface area (Å²) in [5.74, 6) is 0.269. The van der Waals surface area contributed by atoms with Crippen molar-refractivity contribution in [3.05, 3.63) is 23.8 Å². The normalized spacial score (nSPS) is 13.0. The molecule has 0 saturated carbocycles. The van der Waals surface area contributed by atoms with E-state index < -0.39 is 13.4 Å². The Hall–Kier alpha value is -1.07. The third-order valence-electron chi connectivity index (χ3n) is 2.79. The van der Waals surface area contributed by atoms with Crippen molar-refractivity contribution in [2.75, 3.05) is 26.9 Å². The molecule has 0 aliphatic heterocycles. The fourth-order valence-corrected chi connectivity index (χ4v) is 3.53. The highest BCUT2D eigenvalue weighted by Gasteiger charge is 2.34. The van der Waals surface area contributed by atoms with Gasteiger partial charge in [0.05, 0.1) is 26.9 Å². The number of benzene rings is 1. The van der Waals surface area contributed by atoms with E-state index in [1.54, 1.807) is 39.2 Å². The predicted molar refractivity (Wildman–Crippen MR) is 81.9 cm³/mol. The van der Waals surface area contributed by atoms with Gasteiger partial charge in [-0.2, -0.15) is 0 Å². The summed E-state index contributed by atoms with van der Waals surface area (Å²) < 4.78 is 34.0. The standard InChI is InChI=1S/C14H24NO5P/c1-5-18-13-10-11(8-9-12(13)17-4)14(15)21(16,19-6-2)20-7-3/h8-10,14H,5-7,15H2,1-4H3/t14-/m1/s1. The molecule has 0 radical (unpaired) electrons. The molecule has 0 aromatic heterocycles. The lowest BCUT2D eigenvalue weighted by Crippen LogP contribution is -2.15. The van der Waals surface area contributed by atoms with Crippen molar-refractivity contribution in [2.24, 2.45) is 5.73 Å². The van der Waals surface area contributed by atoms with Crippen molar-refractivity contribution in [3.63, 3.8) is 0 Å². The molecule has 0 aliphatic rings. The van der Waals surface area contributed by atoms with Gasteiger partial charge in [0, 0.05) is 0 Å². The minimum atomic E-state index is -3.41. The van der Waals surface area contributed by atoms with Crippen molar-refractivity contribution in [2.45, 2.75) is 26.6 Å². The molecular weight excluding hydrogens is 293 g/mol. The second-order valence-electron chi connectivity index (χ2n) is 4.16. The SMILES string of the molecule is CCOc1cc([C@H](N)P(=O)(OCC)OCC)ccc1OC. The van der Waals surface area contributed by atoms with E-state index in [0.29, 0.717) is 23.7 Å². The summed E-state index contributed by atoms with van der Waals surface area (Å²) in [5.41, 5.74) is 6.71. The predicted octanol–water partition coefficient (Wildman–Crippen LogP) is 3.32. The molecule has 0 bridgehead atoms. The van der Waals surface area contributed by atoms with Crippen LogP contribution in [0.3, 0.4) is 0 Å². The van der Waals surface area contributed by atoms with Crippen molar-refractivity contribution < 1.29 is 23.1 Å². The molecule has 0 spiro atoms. The third kappa shape index (κ3) is 4.45. The molecule has 1 atom stereocenters. The number of rotatable bonds is 9. The Labute approximate surface area is 126 Å². The first kappa shape index (κ1) is 18.0. The van der Waals surface area contributed by atoms with Crippen LogP contribution >= 0.6 is 7.60 Å². The molecule has 0 unspecified atom stereocenters. The van der Waals surface area contributed by atoms with Crippen LogP contribution in [0.15, 0.2) is 18.2 Å². The number of ether oxygens (including phenoxy) is 2. The maximum absolute atomic E-state index is 12.7. The molecule has 0 heterocycles. The average molecular weight is 317 g/mol. The molecule has 6 nitrogen and oxygen atoms in total. The summed E-state index contributed by atoms with van der Waals surface area (Å²) >= 11 is 0. The maximum Gasteiger partial charge on any atom is 0.351 e. The summed E-state index contributed by atoms with van der Waals surface area (Å²) in [6.07, 6.45) is 0. The Bertz CT molecular complexity index is 484. The summed E-state index contributed by atoms with van der Waals surface area (Å²) in [6, 6.07) is 5.16. The molecule has 0 fully saturated rings. The lowest BCUT2D eigenvalue weighted by molar-refractivity contribution is 0.212. The summed E-state index contributed by atoms with van der Waals surface area (Å²) in [4.78, 5) is 0. The number of hydrogen-bond donors (Lipinski definition) is 1. The Kier molecular flexibility index (Phi) is 7.18. The largest absolute Gasteiger partial charge is 0.493 e. The summed E-state index contributed by atoms with van der Waals surface area (Å²) in [5, 5.41) is 0. The first-order valence-electron chi connectivity index (χ1n) is 6.97. The van der Waals surface area contributed by atoms with Gasteiger partial charge in [-0.15, -0.1) is 0 Å². The van der Waals surface area contributed by atoms with E-state index in [9.17, 15) is 4.57 Å². The topological polar surface area (TPSA) is 80.0 Å². The average Bonchev–Trinajstić information content (AvgIpc) is 2.47. The molecule has 0 saturated heterocycles. The molecule has 120 valence electrons. The van der Waals surface area contributed by atoms with Crippen molar-refractivity contribution in [3.8, 4) is 11.5 Å². The fourth-order valence-electron chi connectivity index (χ4n) is 1.89. The Morgan fingerprint density at radius 1 is 1.10 bits per heavy atom. The van der Waals surface area contributed by atoms with Crippen LogP contribution < -0.4 is 15.2 Å². The van der Waals surface area contributed by atoms with Gasteiger partial charge in [-0.05, 0) is 38.5 Å². The van der Waals surface area contributed by atoms with E-state index >= 15 is 0 Å². The molecule has 1 aromatic rings. The summed E-state index contributed by atoms with van der Waals surface area (Å²) in [6.45, 7) is 6.38. The van der Waals surface area contributed by atoms with E-state index in [4.69, 9.17) is 24.3 Å². The molecule has 21 heavy (non-hydrogen) atoms. The van der Waals surface area contributed by atoms with Gasteiger partial charge < -0.3 is 24.3 Å². The van der Waals surface area contributed by atoms with Gasteiger partial charge in [0.2, 0.25) is 0 Å². The van der Waals surface area contributed by atoms with E-state index in [1.165, 1.54) is 0 Å². The van der Waals surface area contributed by atoms with E-state index in [2.05, 4.69) is 0 Å².